The molecule has 0 fully saturated rings. The molecule has 14 heavy (non-hydrogen) atoms. The predicted octanol–water partition coefficient (Wildman–Crippen LogP) is 2.30. The minimum Gasteiger partial charge on any atom is -0.387 e. The van der Waals surface area contributed by atoms with Crippen molar-refractivity contribution in [2.75, 3.05) is 0 Å². The summed E-state index contributed by atoms with van der Waals surface area (Å²) in [6, 6.07) is 8.54. The Hall–Kier alpha value is -1.31. The van der Waals surface area contributed by atoms with Crippen molar-refractivity contribution >= 4 is 5.84 Å². The summed E-state index contributed by atoms with van der Waals surface area (Å²) in [6.07, 6.45) is 0.755. The summed E-state index contributed by atoms with van der Waals surface area (Å²) < 4.78 is 0. The third-order valence-electron chi connectivity index (χ3n) is 2.06. The van der Waals surface area contributed by atoms with Crippen LogP contribution in [0.3, 0.4) is 0 Å². The molecular weight excluding hydrogens is 172 g/mol. The fourth-order valence-corrected chi connectivity index (χ4v) is 1.38. The average Bonchev–Trinajstić information content (AvgIpc) is 2.07. The van der Waals surface area contributed by atoms with E-state index in [9.17, 15) is 0 Å². The van der Waals surface area contributed by atoms with E-state index in [0.29, 0.717) is 5.84 Å². The number of benzene rings is 1. The molecule has 2 N–H and O–H groups in total. The number of hydrogen-bond donors (Lipinski definition) is 1. The molecule has 0 spiro atoms. The molecule has 0 unspecified atom stereocenters. The maximum Gasteiger partial charge on any atom is 0.0984 e. The molecule has 2 heteroatoms. The van der Waals surface area contributed by atoms with Crippen molar-refractivity contribution in [1.82, 2.24) is 0 Å². The van der Waals surface area contributed by atoms with Gasteiger partial charge in [0.05, 0.1) is 5.84 Å². The molecule has 0 aliphatic rings. The first kappa shape index (κ1) is 10.8. The topological polar surface area (TPSA) is 38.4 Å². The molecule has 1 aromatic rings. The van der Waals surface area contributed by atoms with Crippen molar-refractivity contribution in [1.29, 1.82) is 0 Å². The first-order chi connectivity index (χ1) is 6.59. The second-order valence-corrected chi connectivity index (χ2v) is 3.82. The van der Waals surface area contributed by atoms with Gasteiger partial charge in [0.15, 0.2) is 0 Å². The Morgan fingerprint density at radius 2 is 2.00 bits per heavy atom. The lowest BCUT2D eigenvalue weighted by Crippen LogP contribution is -2.17. The molecule has 0 atom stereocenters. The normalized spacial score (nSPS) is 12.1. The van der Waals surface area contributed by atoms with Gasteiger partial charge in [0.25, 0.3) is 0 Å². The highest BCUT2D eigenvalue weighted by atomic mass is 14.9. The number of aliphatic imine (C=N–C) groups is 1. The standard InChI is InChI=1S/C12H18N2/c1-9(2)14-12(13)8-11-7-5-4-6-10(11)3/h4-7,9H,8H2,1-3H3,(H2,13,14). The second-order valence-electron chi connectivity index (χ2n) is 3.82. The minimum absolute atomic E-state index is 0.277. The maximum absolute atomic E-state index is 5.83. The molecule has 0 aliphatic heterocycles. The van der Waals surface area contributed by atoms with Crippen LogP contribution in [-0.4, -0.2) is 11.9 Å². The van der Waals surface area contributed by atoms with Crippen molar-refractivity contribution in [3.63, 3.8) is 0 Å². The second kappa shape index (κ2) is 4.80. The zero-order valence-electron chi connectivity index (χ0n) is 9.12. The van der Waals surface area contributed by atoms with Gasteiger partial charge in [-0.1, -0.05) is 24.3 Å². The van der Waals surface area contributed by atoms with Crippen molar-refractivity contribution in [2.45, 2.75) is 33.2 Å². The van der Waals surface area contributed by atoms with E-state index in [1.165, 1.54) is 11.1 Å². The number of hydrogen-bond acceptors (Lipinski definition) is 1. The van der Waals surface area contributed by atoms with Crippen molar-refractivity contribution < 1.29 is 0 Å². The fourth-order valence-electron chi connectivity index (χ4n) is 1.38. The predicted molar refractivity (Wildman–Crippen MR) is 61.6 cm³/mol. The Morgan fingerprint density at radius 3 is 2.57 bits per heavy atom. The molecule has 76 valence electrons. The third-order valence-corrected chi connectivity index (χ3v) is 2.06. The maximum atomic E-state index is 5.83. The molecule has 2 nitrogen and oxygen atoms in total. The number of nitrogens with two attached hydrogens (primary N) is 1. The number of rotatable bonds is 3. The molecule has 0 amide bonds. The van der Waals surface area contributed by atoms with Crippen LogP contribution in [-0.2, 0) is 6.42 Å². The van der Waals surface area contributed by atoms with Gasteiger partial charge in [0.2, 0.25) is 0 Å². The Bertz CT molecular complexity index is 327. The van der Waals surface area contributed by atoms with Crippen LogP contribution in [0.25, 0.3) is 0 Å². The highest BCUT2D eigenvalue weighted by Gasteiger charge is 2.00. The Balaban J connectivity index is 2.74. The van der Waals surface area contributed by atoms with Crippen LogP contribution in [0.5, 0.6) is 0 Å². The zero-order chi connectivity index (χ0) is 10.6. The van der Waals surface area contributed by atoms with Crippen LogP contribution in [0.4, 0.5) is 0 Å². The summed E-state index contributed by atoms with van der Waals surface area (Å²) >= 11 is 0. The van der Waals surface area contributed by atoms with E-state index >= 15 is 0 Å². The van der Waals surface area contributed by atoms with E-state index in [0.717, 1.165) is 6.42 Å². The van der Waals surface area contributed by atoms with Gasteiger partial charge in [-0.25, -0.2) is 0 Å². The van der Waals surface area contributed by atoms with Crippen molar-refractivity contribution in [3.05, 3.63) is 35.4 Å². The molecule has 0 saturated heterocycles. The first-order valence-electron chi connectivity index (χ1n) is 4.96. The summed E-state index contributed by atoms with van der Waals surface area (Å²) in [4.78, 5) is 4.31. The molecule has 0 saturated carbocycles. The van der Waals surface area contributed by atoms with Gasteiger partial charge in [0, 0.05) is 12.5 Å². The SMILES string of the molecule is Cc1ccccc1CC(N)=NC(C)C. The van der Waals surface area contributed by atoms with Crippen molar-refractivity contribution in [3.8, 4) is 0 Å². The lowest BCUT2D eigenvalue weighted by molar-refractivity contribution is 0.829. The molecule has 0 radical (unpaired) electrons. The van der Waals surface area contributed by atoms with Crippen LogP contribution >= 0.6 is 0 Å². The van der Waals surface area contributed by atoms with Crippen LogP contribution in [0.1, 0.15) is 25.0 Å². The van der Waals surface area contributed by atoms with E-state index in [1.807, 2.05) is 26.0 Å². The minimum atomic E-state index is 0.277. The average molecular weight is 190 g/mol. The molecule has 0 bridgehead atoms. The summed E-state index contributed by atoms with van der Waals surface area (Å²) in [6.45, 7) is 6.16. The Labute approximate surface area is 85.9 Å². The van der Waals surface area contributed by atoms with E-state index < -0.39 is 0 Å². The Kier molecular flexibility index (Phi) is 3.69. The van der Waals surface area contributed by atoms with E-state index in [-0.39, 0.29) is 6.04 Å². The lowest BCUT2D eigenvalue weighted by Gasteiger charge is -2.06. The van der Waals surface area contributed by atoms with Gasteiger partial charge >= 0.3 is 0 Å². The lowest BCUT2D eigenvalue weighted by atomic mass is 10.1. The van der Waals surface area contributed by atoms with Crippen LogP contribution in [0.2, 0.25) is 0 Å². The summed E-state index contributed by atoms with van der Waals surface area (Å²) in [5.41, 5.74) is 8.36. The van der Waals surface area contributed by atoms with Crippen molar-refractivity contribution in [2.24, 2.45) is 10.7 Å². The van der Waals surface area contributed by atoms with E-state index in [4.69, 9.17) is 5.73 Å². The smallest absolute Gasteiger partial charge is 0.0984 e. The van der Waals surface area contributed by atoms with Gasteiger partial charge in [-0.05, 0) is 31.9 Å². The molecule has 0 heterocycles. The third kappa shape index (κ3) is 3.21. The molecule has 1 rings (SSSR count). The van der Waals surface area contributed by atoms with Crippen LogP contribution in [0, 0.1) is 6.92 Å². The number of aryl methyl sites for hydroxylation is 1. The van der Waals surface area contributed by atoms with Crippen LogP contribution in [0.15, 0.2) is 29.3 Å². The fraction of sp³-hybridized carbons (Fsp3) is 0.417. The number of nitrogens with zero attached hydrogens (tertiary/aromatic N) is 1. The van der Waals surface area contributed by atoms with Gasteiger partial charge in [0.1, 0.15) is 0 Å². The van der Waals surface area contributed by atoms with Gasteiger partial charge in [-0.15, -0.1) is 0 Å². The summed E-state index contributed by atoms with van der Waals surface area (Å²) in [7, 11) is 0. The highest BCUT2D eigenvalue weighted by Crippen LogP contribution is 2.07. The summed E-state index contributed by atoms with van der Waals surface area (Å²) in [5.74, 6) is 0.717. The monoisotopic (exact) mass is 190 g/mol. The first-order valence-corrected chi connectivity index (χ1v) is 4.96. The molecular formula is C12H18N2. The van der Waals surface area contributed by atoms with Gasteiger partial charge < -0.3 is 5.73 Å². The quantitative estimate of drug-likeness (QED) is 0.576. The molecule has 0 aliphatic carbocycles. The van der Waals surface area contributed by atoms with Crippen LogP contribution < -0.4 is 5.73 Å². The van der Waals surface area contributed by atoms with E-state index in [1.54, 1.807) is 0 Å². The largest absolute Gasteiger partial charge is 0.387 e. The highest BCUT2D eigenvalue weighted by molar-refractivity contribution is 5.83. The Morgan fingerprint density at radius 1 is 1.36 bits per heavy atom. The molecule has 1 aromatic carbocycles. The number of amidine groups is 1. The van der Waals surface area contributed by atoms with E-state index in [2.05, 4.69) is 24.0 Å². The molecule has 0 aromatic heterocycles. The zero-order valence-corrected chi connectivity index (χ0v) is 9.12. The van der Waals surface area contributed by atoms with Gasteiger partial charge in [-0.3, -0.25) is 4.99 Å². The van der Waals surface area contributed by atoms with Gasteiger partial charge in [-0.2, -0.15) is 0 Å². The summed E-state index contributed by atoms with van der Waals surface area (Å²) in [5, 5.41) is 0.